The highest BCUT2D eigenvalue weighted by molar-refractivity contribution is 7.76. The van der Waals surface area contributed by atoms with E-state index in [4.69, 9.17) is 9.84 Å². The molecule has 0 aromatic carbocycles. The fourth-order valence-electron chi connectivity index (χ4n) is 3.34. The number of aliphatic hydroxyl groups excluding tert-OH is 2. The summed E-state index contributed by atoms with van der Waals surface area (Å²) in [7, 11) is 0. The van der Waals surface area contributed by atoms with Crippen molar-refractivity contribution in [3.8, 4) is 0 Å². The number of aliphatic hydroxyl groups is 2. The Labute approximate surface area is 187 Å². The van der Waals surface area contributed by atoms with Gasteiger partial charge in [0.1, 0.15) is 6.10 Å². The lowest BCUT2D eigenvalue weighted by Crippen LogP contribution is -2.40. The van der Waals surface area contributed by atoms with Crippen LogP contribution in [-0.2, 0) is 30.3 Å². The van der Waals surface area contributed by atoms with E-state index in [9.17, 15) is 23.5 Å². The summed E-state index contributed by atoms with van der Waals surface area (Å²) in [4.78, 5) is 23.8. The monoisotopic (exact) mass is 463 g/mol. The third-order valence-corrected chi connectivity index (χ3v) is 5.86. The average Bonchev–Trinajstić information content (AvgIpc) is 3.06. The Morgan fingerprint density at radius 3 is 2.29 bits per heavy atom. The zero-order valence-electron chi connectivity index (χ0n) is 18.4. The molecule has 3 atom stereocenters. The second-order valence-corrected chi connectivity index (χ2v) is 8.66. The molecule has 1 aliphatic heterocycles. The van der Waals surface area contributed by atoms with Crippen LogP contribution in [-0.4, -0.2) is 67.3 Å². The van der Waals surface area contributed by atoms with Crippen LogP contribution in [0.3, 0.4) is 0 Å². The first-order valence-corrected chi connectivity index (χ1v) is 12.2. The summed E-state index contributed by atoms with van der Waals surface area (Å²) in [5.41, 5.74) is 0.0323. The third-order valence-electron chi connectivity index (χ3n) is 5.08. The van der Waals surface area contributed by atoms with Crippen molar-refractivity contribution in [2.75, 3.05) is 19.7 Å². The second kappa shape index (κ2) is 16.3. The molecule has 1 heterocycles. The Morgan fingerprint density at radius 1 is 1.16 bits per heavy atom. The molecule has 9 nitrogen and oxygen atoms in total. The lowest BCUT2D eigenvalue weighted by atomic mass is 10.1. The SMILES string of the molecule is CCCCCCCCCCCC(=O)OC(CN(CCCO)S(=O)O)C1=CC(=O)OC1O. The number of hydrogen-bond acceptors (Lipinski definition) is 7. The lowest BCUT2D eigenvalue weighted by Gasteiger charge is -2.25. The number of hydrogen-bond donors (Lipinski definition) is 3. The fraction of sp³-hybridized carbons (Fsp3) is 0.810. The predicted molar refractivity (Wildman–Crippen MR) is 116 cm³/mol. The van der Waals surface area contributed by atoms with Crippen LogP contribution in [0.4, 0.5) is 0 Å². The Hall–Kier alpha value is -1.33. The fourth-order valence-corrected chi connectivity index (χ4v) is 3.89. The van der Waals surface area contributed by atoms with Gasteiger partial charge in [0, 0.05) is 31.2 Å². The molecule has 0 aromatic rings. The number of unbranched alkanes of at least 4 members (excludes halogenated alkanes) is 8. The van der Waals surface area contributed by atoms with Gasteiger partial charge in [0.05, 0.1) is 6.54 Å². The quantitative estimate of drug-likeness (QED) is 0.160. The van der Waals surface area contributed by atoms with Crippen LogP contribution in [0.2, 0.25) is 0 Å². The zero-order chi connectivity index (χ0) is 23.1. The van der Waals surface area contributed by atoms with E-state index in [1.807, 2.05) is 0 Å². The van der Waals surface area contributed by atoms with Crippen LogP contribution in [0.1, 0.15) is 77.6 Å². The van der Waals surface area contributed by atoms with Gasteiger partial charge in [0.15, 0.2) is 0 Å². The van der Waals surface area contributed by atoms with Crippen LogP contribution < -0.4 is 0 Å². The molecule has 31 heavy (non-hydrogen) atoms. The van der Waals surface area contributed by atoms with Crippen molar-refractivity contribution in [2.24, 2.45) is 0 Å². The van der Waals surface area contributed by atoms with Crippen LogP contribution in [0, 0.1) is 0 Å². The van der Waals surface area contributed by atoms with E-state index in [0.29, 0.717) is 6.42 Å². The Balaban J connectivity index is 2.51. The van der Waals surface area contributed by atoms with Crippen molar-refractivity contribution >= 4 is 23.2 Å². The van der Waals surface area contributed by atoms with E-state index >= 15 is 0 Å². The zero-order valence-corrected chi connectivity index (χ0v) is 19.2. The van der Waals surface area contributed by atoms with Crippen LogP contribution in [0.25, 0.3) is 0 Å². The van der Waals surface area contributed by atoms with E-state index in [1.54, 1.807) is 0 Å². The minimum atomic E-state index is -2.38. The molecule has 3 N–H and O–H groups in total. The molecule has 1 rings (SSSR count). The van der Waals surface area contributed by atoms with Gasteiger partial charge in [-0.1, -0.05) is 58.3 Å². The van der Waals surface area contributed by atoms with E-state index in [2.05, 4.69) is 11.7 Å². The van der Waals surface area contributed by atoms with Gasteiger partial charge in [-0.2, -0.15) is 4.31 Å². The van der Waals surface area contributed by atoms with Crippen molar-refractivity contribution in [1.29, 1.82) is 0 Å². The van der Waals surface area contributed by atoms with Crippen molar-refractivity contribution < 1.29 is 38.0 Å². The van der Waals surface area contributed by atoms with Gasteiger partial charge in [-0.3, -0.25) is 9.35 Å². The first-order chi connectivity index (χ1) is 14.9. The Kier molecular flexibility index (Phi) is 14.6. The highest BCUT2D eigenvalue weighted by Gasteiger charge is 2.34. The summed E-state index contributed by atoms with van der Waals surface area (Å²) < 4.78 is 32.2. The molecule has 0 aromatic heterocycles. The summed E-state index contributed by atoms with van der Waals surface area (Å²) in [6, 6.07) is 0. The number of nitrogens with zero attached hydrogens (tertiary/aromatic N) is 1. The van der Waals surface area contributed by atoms with Gasteiger partial charge in [-0.25, -0.2) is 9.00 Å². The molecule has 0 bridgehead atoms. The van der Waals surface area contributed by atoms with Gasteiger partial charge < -0.3 is 19.7 Å². The minimum Gasteiger partial charge on any atom is -0.456 e. The second-order valence-electron chi connectivity index (χ2n) is 7.69. The third kappa shape index (κ3) is 11.7. The molecule has 3 unspecified atom stereocenters. The molecule has 0 amide bonds. The smallest absolute Gasteiger partial charge is 0.333 e. The number of esters is 2. The molecule has 180 valence electrons. The van der Waals surface area contributed by atoms with Crippen molar-refractivity contribution in [3.63, 3.8) is 0 Å². The number of carbonyl (C=O) groups excluding carboxylic acids is 2. The Morgan fingerprint density at radius 2 is 1.77 bits per heavy atom. The minimum absolute atomic E-state index is 0.0323. The van der Waals surface area contributed by atoms with Gasteiger partial charge in [-0.05, 0) is 12.8 Å². The molecule has 10 heteroatoms. The molecule has 0 fully saturated rings. The van der Waals surface area contributed by atoms with Crippen molar-refractivity contribution in [2.45, 2.75) is 89.9 Å². The van der Waals surface area contributed by atoms with E-state index in [-0.39, 0.29) is 38.1 Å². The van der Waals surface area contributed by atoms with E-state index in [1.165, 1.54) is 32.1 Å². The standard InChI is InChI=1S/C21H37NO8S/c1-2-3-4-5-6-7-8-9-10-12-19(24)29-18(17-15-20(25)30-21(17)26)16-22(31(27)28)13-11-14-23/h15,18,21,23,26H,2-14,16H2,1H3,(H,27,28). The molecular weight excluding hydrogens is 426 g/mol. The molecule has 0 saturated heterocycles. The van der Waals surface area contributed by atoms with Crippen LogP contribution in [0.5, 0.6) is 0 Å². The number of ether oxygens (including phenoxy) is 2. The molecule has 1 aliphatic rings. The number of carbonyl (C=O) groups is 2. The average molecular weight is 464 g/mol. The maximum absolute atomic E-state index is 12.3. The van der Waals surface area contributed by atoms with Gasteiger partial charge in [-0.15, -0.1) is 0 Å². The summed E-state index contributed by atoms with van der Waals surface area (Å²) in [5, 5.41) is 18.9. The summed E-state index contributed by atoms with van der Waals surface area (Å²) in [6.07, 6.45) is 8.76. The van der Waals surface area contributed by atoms with Crippen LogP contribution in [0.15, 0.2) is 11.6 Å². The molecular formula is C21H37NO8S. The lowest BCUT2D eigenvalue weighted by molar-refractivity contribution is -0.154. The van der Waals surface area contributed by atoms with Gasteiger partial charge in [0.25, 0.3) is 0 Å². The summed E-state index contributed by atoms with van der Waals surface area (Å²) in [5.74, 6) is -1.28. The highest BCUT2D eigenvalue weighted by atomic mass is 32.2. The Bertz CT molecular complexity index is 598. The van der Waals surface area contributed by atoms with Gasteiger partial charge >= 0.3 is 11.9 Å². The highest BCUT2D eigenvalue weighted by Crippen LogP contribution is 2.22. The maximum Gasteiger partial charge on any atom is 0.333 e. The largest absolute Gasteiger partial charge is 0.456 e. The van der Waals surface area contributed by atoms with E-state index < -0.39 is 35.6 Å². The first-order valence-electron chi connectivity index (χ1n) is 11.2. The summed E-state index contributed by atoms with van der Waals surface area (Å²) in [6.45, 7) is 1.87. The van der Waals surface area contributed by atoms with Gasteiger partial charge in [0.2, 0.25) is 17.6 Å². The van der Waals surface area contributed by atoms with E-state index in [0.717, 1.165) is 29.6 Å². The number of rotatable bonds is 18. The topological polar surface area (TPSA) is 134 Å². The predicted octanol–water partition coefficient (Wildman–Crippen LogP) is 2.44. The van der Waals surface area contributed by atoms with Crippen LogP contribution >= 0.6 is 0 Å². The molecule has 0 radical (unpaired) electrons. The first kappa shape index (κ1) is 27.7. The molecule has 0 aliphatic carbocycles. The maximum atomic E-state index is 12.3. The van der Waals surface area contributed by atoms with Crippen molar-refractivity contribution in [3.05, 3.63) is 11.6 Å². The van der Waals surface area contributed by atoms with Crippen molar-refractivity contribution in [1.82, 2.24) is 4.31 Å². The molecule has 0 spiro atoms. The normalized spacial score (nSPS) is 18.0. The molecule has 0 saturated carbocycles. The summed E-state index contributed by atoms with van der Waals surface area (Å²) >= 11 is -2.38. The number of cyclic esters (lactones) is 1.